The van der Waals surface area contributed by atoms with E-state index in [0.29, 0.717) is 19.3 Å². The highest BCUT2D eigenvalue weighted by Gasteiger charge is 2.42. The smallest absolute Gasteiger partial charge is 0.311 e. The summed E-state index contributed by atoms with van der Waals surface area (Å²) in [5.41, 5.74) is -0.867. The second-order valence-corrected chi connectivity index (χ2v) is 4.39. The highest BCUT2D eigenvalue weighted by molar-refractivity contribution is 5.73. The number of carbonyl (C=O) groups is 1. The molecule has 0 aromatic carbocycles. The summed E-state index contributed by atoms with van der Waals surface area (Å²) in [6.45, 7) is 3.59. The van der Waals surface area contributed by atoms with Crippen molar-refractivity contribution in [2.45, 2.75) is 31.8 Å². The van der Waals surface area contributed by atoms with Gasteiger partial charge in [0.2, 0.25) is 0 Å². The lowest BCUT2D eigenvalue weighted by molar-refractivity contribution is -0.159. The minimum atomic E-state index is -0.867. The number of carbonyl (C=O) groups excluding carboxylic acids is 1. The number of aliphatic hydroxyl groups is 1. The van der Waals surface area contributed by atoms with E-state index in [4.69, 9.17) is 4.74 Å². The molecule has 0 aliphatic carbocycles. The molecule has 88 valence electrons. The molecule has 1 heterocycles. The maximum absolute atomic E-state index is 11.5. The van der Waals surface area contributed by atoms with Gasteiger partial charge in [-0.15, -0.1) is 0 Å². The summed E-state index contributed by atoms with van der Waals surface area (Å²) in [7, 11) is 3.40. The number of rotatable bonds is 3. The fourth-order valence-corrected chi connectivity index (χ4v) is 2.26. The van der Waals surface area contributed by atoms with Gasteiger partial charge in [-0.2, -0.15) is 0 Å². The average Bonchev–Trinajstić information content (AvgIpc) is 2.23. The van der Waals surface area contributed by atoms with E-state index in [9.17, 15) is 9.90 Å². The molecule has 0 bridgehead atoms. The largest absolute Gasteiger partial charge is 0.469 e. The highest BCUT2D eigenvalue weighted by atomic mass is 16.5. The Labute approximate surface area is 91.2 Å². The van der Waals surface area contributed by atoms with Crippen LogP contribution in [0.3, 0.4) is 0 Å². The van der Waals surface area contributed by atoms with Gasteiger partial charge < -0.3 is 14.7 Å². The molecule has 0 aromatic rings. The molecule has 4 nitrogen and oxygen atoms in total. The van der Waals surface area contributed by atoms with Crippen LogP contribution < -0.4 is 0 Å². The number of ether oxygens (including phenoxy) is 1. The number of hydrogen-bond acceptors (Lipinski definition) is 4. The standard InChI is InChI=1S/C11H21NO3/c1-4-9(10(13)15-3)11(14)5-7-12(2)8-6-11/h9,14H,4-8H2,1-3H3. The monoisotopic (exact) mass is 215 g/mol. The SMILES string of the molecule is CCC(C(=O)OC)C1(O)CCN(C)CC1. The number of methoxy groups -OCH3 is 1. The summed E-state index contributed by atoms with van der Waals surface area (Å²) in [5.74, 6) is -0.666. The molecule has 1 aliphatic heterocycles. The van der Waals surface area contributed by atoms with E-state index in [1.54, 1.807) is 0 Å². The van der Waals surface area contributed by atoms with E-state index in [2.05, 4.69) is 4.90 Å². The number of likely N-dealkylation sites (tertiary alicyclic amines) is 1. The lowest BCUT2D eigenvalue weighted by atomic mass is 9.78. The topological polar surface area (TPSA) is 49.8 Å². The van der Waals surface area contributed by atoms with Crippen LogP contribution in [0.4, 0.5) is 0 Å². The molecule has 1 aliphatic rings. The zero-order chi connectivity index (χ0) is 11.5. The van der Waals surface area contributed by atoms with Crippen LogP contribution in [0.2, 0.25) is 0 Å². The number of nitrogens with zero attached hydrogens (tertiary/aromatic N) is 1. The Kier molecular flexibility index (Phi) is 4.11. The van der Waals surface area contributed by atoms with Gasteiger partial charge in [-0.05, 0) is 26.3 Å². The van der Waals surface area contributed by atoms with Crippen molar-refractivity contribution in [1.82, 2.24) is 4.90 Å². The van der Waals surface area contributed by atoms with Gasteiger partial charge in [0.05, 0.1) is 18.6 Å². The quantitative estimate of drug-likeness (QED) is 0.702. The first-order valence-electron chi connectivity index (χ1n) is 5.52. The first-order valence-corrected chi connectivity index (χ1v) is 5.52. The normalized spacial score (nSPS) is 23.5. The molecule has 1 rings (SSSR count). The second kappa shape index (κ2) is 4.94. The van der Waals surface area contributed by atoms with Crippen molar-refractivity contribution in [2.24, 2.45) is 5.92 Å². The van der Waals surface area contributed by atoms with Gasteiger partial charge in [0.25, 0.3) is 0 Å². The van der Waals surface area contributed by atoms with Crippen LogP contribution >= 0.6 is 0 Å². The second-order valence-electron chi connectivity index (χ2n) is 4.39. The van der Waals surface area contributed by atoms with Crippen LogP contribution in [-0.2, 0) is 9.53 Å². The summed E-state index contributed by atoms with van der Waals surface area (Å²) in [5, 5.41) is 10.4. The predicted octanol–water partition coefficient (Wildman–Crippen LogP) is 0.642. The molecule has 0 spiro atoms. The molecule has 15 heavy (non-hydrogen) atoms. The van der Waals surface area contributed by atoms with Gasteiger partial charge in [0.1, 0.15) is 0 Å². The first-order chi connectivity index (χ1) is 7.03. The van der Waals surface area contributed by atoms with Crippen LogP contribution in [0, 0.1) is 5.92 Å². The lowest BCUT2D eigenvalue weighted by Gasteiger charge is -2.40. The zero-order valence-electron chi connectivity index (χ0n) is 9.82. The number of piperidine rings is 1. The van der Waals surface area contributed by atoms with E-state index in [0.717, 1.165) is 13.1 Å². The lowest BCUT2D eigenvalue weighted by Crippen LogP contribution is -2.50. The third-order valence-electron chi connectivity index (χ3n) is 3.40. The van der Waals surface area contributed by atoms with Gasteiger partial charge in [-0.25, -0.2) is 0 Å². The van der Waals surface area contributed by atoms with Crippen molar-refractivity contribution in [2.75, 3.05) is 27.2 Å². The third-order valence-corrected chi connectivity index (χ3v) is 3.40. The van der Waals surface area contributed by atoms with Crippen molar-refractivity contribution in [3.63, 3.8) is 0 Å². The summed E-state index contributed by atoms with van der Waals surface area (Å²) < 4.78 is 4.74. The fourth-order valence-electron chi connectivity index (χ4n) is 2.26. The van der Waals surface area contributed by atoms with Gasteiger partial charge in [0.15, 0.2) is 0 Å². The summed E-state index contributed by atoms with van der Waals surface area (Å²) in [6.07, 6.45) is 1.93. The van der Waals surface area contributed by atoms with E-state index in [1.165, 1.54) is 7.11 Å². The molecule has 4 heteroatoms. The number of hydrogen-bond donors (Lipinski definition) is 1. The minimum Gasteiger partial charge on any atom is -0.469 e. The molecule has 0 saturated carbocycles. The summed E-state index contributed by atoms with van der Waals surface area (Å²) in [4.78, 5) is 13.7. The third kappa shape index (κ3) is 2.69. The molecular weight excluding hydrogens is 194 g/mol. The van der Waals surface area contributed by atoms with Gasteiger partial charge in [-0.3, -0.25) is 4.79 Å². The van der Waals surface area contributed by atoms with E-state index in [1.807, 2.05) is 14.0 Å². The maximum atomic E-state index is 11.5. The summed E-state index contributed by atoms with van der Waals surface area (Å²) >= 11 is 0. The average molecular weight is 215 g/mol. The van der Waals surface area contributed by atoms with Crippen LogP contribution in [0.25, 0.3) is 0 Å². The van der Waals surface area contributed by atoms with Gasteiger partial charge in [-0.1, -0.05) is 6.92 Å². The molecule has 1 atom stereocenters. The Morgan fingerprint density at radius 3 is 2.47 bits per heavy atom. The van der Waals surface area contributed by atoms with E-state index < -0.39 is 5.60 Å². The molecule has 0 amide bonds. The van der Waals surface area contributed by atoms with E-state index in [-0.39, 0.29) is 11.9 Å². The van der Waals surface area contributed by atoms with Crippen LogP contribution in [-0.4, -0.2) is 48.8 Å². The molecule has 0 radical (unpaired) electrons. The Hall–Kier alpha value is -0.610. The molecule has 1 unspecified atom stereocenters. The number of esters is 1. The van der Waals surface area contributed by atoms with Crippen molar-refractivity contribution in [1.29, 1.82) is 0 Å². The maximum Gasteiger partial charge on any atom is 0.311 e. The molecule has 1 N–H and O–H groups in total. The Morgan fingerprint density at radius 2 is 2.07 bits per heavy atom. The zero-order valence-corrected chi connectivity index (χ0v) is 9.82. The van der Waals surface area contributed by atoms with Gasteiger partial charge in [0, 0.05) is 13.1 Å². The van der Waals surface area contributed by atoms with Crippen LogP contribution in [0.1, 0.15) is 26.2 Å². The fraction of sp³-hybridized carbons (Fsp3) is 0.909. The molecule has 1 saturated heterocycles. The Bertz CT molecular complexity index is 222. The van der Waals surface area contributed by atoms with Gasteiger partial charge >= 0.3 is 5.97 Å². The first kappa shape index (κ1) is 12.5. The highest BCUT2D eigenvalue weighted by Crippen LogP contribution is 2.32. The van der Waals surface area contributed by atoms with E-state index >= 15 is 0 Å². The summed E-state index contributed by atoms with van der Waals surface area (Å²) in [6, 6.07) is 0. The molecule has 0 aromatic heterocycles. The molecular formula is C11H21NO3. The van der Waals surface area contributed by atoms with Crippen molar-refractivity contribution >= 4 is 5.97 Å². The van der Waals surface area contributed by atoms with Crippen molar-refractivity contribution in [3.05, 3.63) is 0 Å². The van der Waals surface area contributed by atoms with Crippen molar-refractivity contribution < 1.29 is 14.6 Å². The Morgan fingerprint density at radius 1 is 1.53 bits per heavy atom. The van der Waals surface area contributed by atoms with Crippen LogP contribution in [0.5, 0.6) is 0 Å². The van der Waals surface area contributed by atoms with Crippen LogP contribution in [0.15, 0.2) is 0 Å². The molecule has 1 fully saturated rings. The predicted molar refractivity (Wildman–Crippen MR) is 57.5 cm³/mol. The minimum absolute atomic E-state index is 0.287. The Balaban J connectivity index is 2.70. The van der Waals surface area contributed by atoms with Crippen molar-refractivity contribution in [3.8, 4) is 0 Å².